The first-order valence-corrected chi connectivity index (χ1v) is 10.4. The molecule has 29 heavy (non-hydrogen) atoms. The van der Waals surface area contributed by atoms with Crippen LogP contribution in [0.3, 0.4) is 0 Å². The van der Waals surface area contributed by atoms with E-state index in [9.17, 15) is 4.79 Å². The molecule has 3 rings (SSSR count). The second kappa shape index (κ2) is 11.1. The summed E-state index contributed by atoms with van der Waals surface area (Å²) >= 11 is 0. The minimum Gasteiger partial charge on any atom is -0.368 e. The SMILES string of the molecule is CCNC(=NCc1ccccc1)NCCC(=O)N1CCN(c2ccccc2)CC1. The van der Waals surface area contributed by atoms with Gasteiger partial charge in [-0.15, -0.1) is 0 Å². The number of carbonyl (C=O) groups is 1. The van der Waals surface area contributed by atoms with Gasteiger partial charge < -0.3 is 20.4 Å². The molecule has 0 unspecified atom stereocenters. The van der Waals surface area contributed by atoms with E-state index in [0.29, 0.717) is 19.5 Å². The van der Waals surface area contributed by atoms with Crippen molar-refractivity contribution in [3.05, 3.63) is 66.2 Å². The first kappa shape index (κ1) is 20.7. The lowest BCUT2D eigenvalue weighted by Gasteiger charge is -2.36. The molecule has 1 amide bonds. The molecule has 2 N–H and O–H groups in total. The summed E-state index contributed by atoms with van der Waals surface area (Å²) in [4.78, 5) is 21.5. The quantitative estimate of drug-likeness (QED) is 0.561. The number of piperazine rings is 1. The highest BCUT2D eigenvalue weighted by molar-refractivity contribution is 5.81. The van der Waals surface area contributed by atoms with E-state index in [4.69, 9.17) is 0 Å². The molecule has 0 bridgehead atoms. The Hall–Kier alpha value is -3.02. The summed E-state index contributed by atoms with van der Waals surface area (Å²) in [5.74, 6) is 0.946. The van der Waals surface area contributed by atoms with Crippen LogP contribution in [0.5, 0.6) is 0 Å². The zero-order valence-electron chi connectivity index (χ0n) is 17.2. The Morgan fingerprint density at radius 1 is 0.931 bits per heavy atom. The average Bonchev–Trinajstić information content (AvgIpc) is 2.79. The molecule has 2 aromatic rings. The standard InChI is InChI=1S/C23H31N5O/c1-2-24-23(26-19-20-9-5-3-6-10-20)25-14-13-22(29)28-17-15-27(16-18-28)21-11-7-4-8-12-21/h3-12H,2,13-19H2,1H3,(H2,24,25,26). The van der Waals surface area contributed by atoms with Gasteiger partial charge in [0.15, 0.2) is 5.96 Å². The number of guanidine groups is 1. The third-order valence-electron chi connectivity index (χ3n) is 4.99. The first-order valence-electron chi connectivity index (χ1n) is 10.4. The summed E-state index contributed by atoms with van der Waals surface area (Å²) in [6.07, 6.45) is 0.473. The number of nitrogens with zero attached hydrogens (tertiary/aromatic N) is 3. The lowest BCUT2D eigenvalue weighted by Crippen LogP contribution is -2.49. The average molecular weight is 394 g/mol. The molecule has 0 spiro atoms. The molecule has 0 atom stereocenters. The van der Waals surface area contributed by atoms with Crippen molar-refractivity contribution in [1.82, 2.24) is 15.5 Å². The molecule has 1 heterocycles. The van der Waals surface area contributed by atoms with Gasteiger partial charge in [0, 0.05) is 51.4 Å². The van der Waals surface area contributed by atoms with Gasteiger partial charge in [-0.25, -0.2) is 4.99 Å². The van der Waals surface area contributed by atoms with Crippen LogP contribution in [0.4, 0.5) is 5.69 Å². The molecule has 1 saturated heterocycles. The Morgan fingerprint density at radius 2 is 1.59 bits per heavy atom. The maximum atomic E-state index is 12.6. The molecule has 0 saturated carbocycles. The summed E-state index contributed by atoms with van der Waals surface area (Å²) in [5.41, 5.74) is 2.39. The highest BCUT2D eigenvalue weighted by atomic mass is 16.2. The molecule has 0 radical (unpaired) electrons. The largest absolute Gasteiger partial charge is 0.368 e. The predicted molar refractivity (Wildman–Crippen MR) is 119 cm³/mol. The number of aliphatic imine (C=N–C) groups is 1. The van der Waals surface area contributed by atoms with E-state index < -0.39 is 0 Å². The van der Waals surface area contributed by atoms with Crippen molar-refractivity contribution in [2.45, 2.75) is 19.9 Å². The monoisotopic (exact) mass is 393 g/mol. The minimum absolute atomic E-state index is 0.198. The Kier molecular flexibility index (Phi) is 7.92. The van der Waals surface area contributed by atoms with Gasteiger partial charge in [-0.2, -0.15) is 0 Å². The Morgan fingerprint density at radius 3 is 2.24 bits per heavy atom. The van der Waals surface area contributed by atoms with E-state index in [1.54, 1.807) is 0 Å². The number of nitrogens with one attached hydrogen (secondary N) is 2. The number of amides is 1. The third-order valence-corrected chi connectivity index (χ3v) is 4.99. The number of hydrogen-bond donors (Lipinski definition) is 2. The highest BCUT2D eigenvalue weighted by Crippen LogP contribution is 2.15. The molecule has 0 aliphatic carbocycles. The van der Waals surface area contributed by atoms with Gasteiger partial charge in [-0.05, 0) is 24.6 Å². The van der Waals surface area contributed by atoms with Crippen molar-refractivity contribution in [3.63, 3.8) is 0 Å². The van der Waals surface area contributed by atoms with Crippen LogP contribution < -0.4 is 15.5 Å². The van der Waals surface area contributed by atoms with Crippen LogP contribution in [0.1, 0.15) is 18.9 Å². The Labute approximate surface area is 173 Å². The van der Waals surface area contributed by atoms with Crippen LogP contribution in [0.25, 0.3) is 0 Å². The summed E-state index contributed by atoms with van der Waals surface area (Å²) < 4.78 is 0. The smallest absolute Gasteiger partial charge is 0.224 e. The van der Waals surface area contributed by atoms with Gasteiger partial charge in [-0.3, -0.25) is 4.79 Å². The van der Waals surface area contributed by atoms with Crippen molar-refractivity contribution in [3.8, 4) is 0 Å². The van der Waals surface area contributed by atoms with E-state index in [0.717, 1.165) is 44.2 Å². The molecule has 6 heteroatoms. The predicted octanol–water partition coefficient (Wildman–Crippen LogP) is 2.48. The molecule has 0 aromatic heterocycles. The molecular formula is C23H31N5O. The second-order valence-corrected chi connectivity index (χ2v) is 7.06. The van der Waals surface area contributed by atoms with Crippen LogP contribution in [-0.4, -0.2) is 56.0 Å². The lowest BCUT2D eigenvalue weighted by atomic mass is 10.2. The Balaban J connectivity index is 1.41. The molecule has 1 aliphatic rings. The van der Waals surface area contributed by atoms with Gasteiger partial charge in [0.2, 0.25) is 5.91 Å². The van der Waals surface area contributed by atoms with Gasteiger partial charge in [0.25, 0.3) is 0 Å². The second-order valence-electron chi connectivity index (χ2n) is 7.06. The number of benzene rings is 2. The van der Waals surface area contributed by atoms with Crippen LogP contribution in [0.2, 0.25) is 0 Å². The number of hydrogen-bond acceptors (Lipinski definition) is 3. The van der Waals surface area contributed by atoms with E-state index in [2.05, 4.69) is 56.9 Å². The van der Waals surface area contributed by atoms with Crippen LogP contribution in [0.15, 0.2) is 65.7 Å². The fourth-order valence-corrected chi connectivity index (χ4v) is 3.39. The van der Waals surface area contributed by atoms with E-state index in [1.807, 2.05) is 36.1 Å². The summed E-state index contributed by atoms with van der Waals surface area (Å²) in [5, 5.41) is 6.51. The van der Waals surface area contributed by atoms with Crippen molar-refractivity contribution in [2.24, 2.45) is 4.99 Å². The minimum atomic E-state index is 0.198. The van der Waals surface area contributed by atoms with Crippen molar-refractivity contribution < 1.29 is 4.79 Å². The van der Waals surface area contributed by atoms with Crippen molar-refractivity contribution >= 4 is 17.6 Å². The molecule has 6 nitrogen and oxygen atoms in total. The molecular weight excluding hydrogens is 362 g/mol. The van der Waals surface area contributed by atoms with Crippen molar-refractivity contribution in [2.75, 3.05) is 44.2 Å². The number of para-hydroxylation sites is 1. The normalized spacial score (nSPS) is 14.6. The first-order chi connectivity index (χ1) is 14.3. The summed E-state index contributed by atoms with van der Waals surface area (Å²) in [6, 6.07) is 20.5. The number of rotatable bonds is 7. The van der Waals surface area contributed by atoms with E-state index in [1.165, 1.54) is 5.69 Å². The van der Waals surface area contributed by atoms with E-state index >= 15 is 0 Å². The third kappa shape index (κ3) is 6.52. The van der Waals surface area contributed by atoms with Gasteiger partial charge in [-0.1, -0.05) is 48.5 Å². The maximum absolute atomic E-state index is 12.6. The topological polar surface area (TPSA) is 60.0 Å². The van der Waals surface area contributed by atoms with E-state index in [-0.39, 0.29) is 5.91 Å². The fourth-order valence-electron chi connectivity index (χ4n) is 3.39. The lowest BCUT2D eigenvalue weighted by molar-refractivity contribution is -0.131. The summed E-state index contributed by atoms with van der Waals surface area (Å²) in [7, 11) is 0. The van der Waals surface area contributed by atoms with Crippen LogP contribution in [0, 0.1) is 0 Å². The van der Waals surface area contributed by atoms with Gasteiger partial charge in [0.1, 0.15) is 0 Å². The maximum Gasteiger partial charge on any atom is 0.224 e. The van der Waals surface area contributed by atoms with Gasteiger partial charge in [0.05, 0.1) is 6.54 Å². The highest BCUT2D eigenvalue weighted by Gasteiger charge is 2.20. The fraction of sp³-hybridized carbons (Fsp3) is 0.391. The Bertz CT molecular complexity index is 770. The molecule has 2 aromatic carbocycles. The van der Waals surface area contributed by atoms with Crippen LogP contribution in [-0.2, 0) is 11.3 Å². The summed E-state index contributed by atoms with van der Waals surface area (Å²) in [6.45, 7) is 7.33. The molecule has 154 valence electrons. The molecule has 1 fully saturated rings. The van der Waals surface area contributed by atoms with Crippen LogP contribution >= 0.6 is 0 Å². The van der Waals surface area contributed by atoms with Gasteiger partial charge >= 0.3 is 0 Å². The van der Waals surface area contributed by atoms with Crippen molar-refractivity contribution in [1.29, 1.82) is 0 Å². The number of anilines is 1. The molecule has 1 aliphatic heterocycles. The number of carbonyl (C=O) groups excluding carboxylic acids is 1. The zero-order chi connectivity index (χ0) is 20.3. The zero-order valence-corrected chi connectivity index (χ0v) is 17.2.